The zero-order chi connectivity index (χ0) is 20.3. The number of amides is 1. The van der Waals surface area contributed by atoms with Gasteiger partial charge >= 0.3 is 5.97 Å². The summed E-state index contributed by atoms with van der Waals surface area (Å²) in [5.41, 5.74) is 0.746. The van der Waals surface area contributed by atoms with Crippen molar-refractivity contribution < 1.29 is 24.9 Å². The largest absolute Gasteiger partial charge is 0.508 e. The van der Waals surface area contributed by atoms with Crippen molar-refractivity contribution in [3.8, 4) is 11.5 Å². The Bertz CT molecular complexity index is 1030. The van der Waals surface area contributed by atoms with Gasteiger partial charge in [-0.3, -0.25) is 9.69 Å². The molecule has 3 rings (SSSR count). The van der Waals surface area contributed by atoms with E-state index < -0.39 is 11.7 Å². The third-order valence-electron chi connectivity index (χ3n) is 3.80. The molecule has 0 aromatic heterocycles. The summed E-state index contributed by atoms with van der Waals surface area (Å²) < 4.78 is 0. The molecular weight excluding hydrogens is 380 g/mol. The maximum atomic E-state index is 12.7. The molecular formula is C20H16N2O5S. The number of carbonyl (C=O) groups is 2. The van der Waals surface area contributed by atoms with Crippen molar-refractivity contribution in [3.63, 3.8) is 0 Å². The number of amidine groups is 1. The molecule has 1 saturated heterocycles. The summed E-state index contributed by atoms with van der Waals surface area (Å²) in [6, 6.07) is 10.4. The van der Waals surface area contributed by atoms with E-state index in [-0.39, 0.29) is 23.8 Å². The first-order valence-corrected chi connectivity index (χ1v) is 8.97. The lowest BCUT2D eigenvalue weighted by atomic mass is 10.2. The Hall–Kier alpha value is -3.52. The first-order valence-electron chi connectivity index (χ1n) is 8.15. The molecule has 0 spiro atoms. The number of carboxylic acid groups (broad SMARTS) is 1. The number of hydrogen-bond acceptors (Lipinski definition) is 6. The monoisotopic (exact) mass is 396 g/mol. The molecule has 2 aromatic carbocycles. The standard InChI is InChI=1S/C20H16N2O5S/c1-2-8-22-18(25)17(10-12-4-3-5-14(23)9-12)28-20(22)21-13-6-7-15(19(26)27)16(24)11-13/h2-7,9-11,23-24H,1,8H2,(H,26,27)/b17-10-,21-20?. The molecule has 1 fully saturated rings. The number of phenolic OH excluding ortho intramolecular Hbond substituents is 1. The van der Waals surface area contributed by atoms with Crippen LogP contribution in [0.2, 0.25) is 0 Å². The number of aromatic carboxylic acids is 1. The van der Waals surface area contributed by atoms with Gasteiger partial charge < -0.3 is 15.3 Å². The summed E-state index contributed by atoms with van der Waals surface area (Å²) in [6.45, 7) is 3.89. The molecule has 0 saturated carbocycles. The molecule has 7 nitrogen and oxygen atoms in total. The average Bonchev–Trinajstić information content (AvgIpc) is 2.91. The van der Waals surface area contributed by atoms with Crippen molar-refractivity contribution in [2.24, 2.45) is 4.99 Å². The summed E-state index contributed by atoms with van der Waals surface area (Å²) in [6.07, 6.45) is 3.21. The summed E-state index contributed by atoms with van der Waals surface area (Å²) in [5, 5.41) is 28.8. The molecule has 3 N–H and O–H groups in total. The Balaban J connectivity index is 1.96. The number of carbonyl (C=O) groups excluding carboxylic acids is 1. The molecule has 0 unspecified atom stereocenters. The number of aliphatic imine (C=N–C) groups is 1. The van der Waals surface area contributed by atoms with Crippen molar-refractivity contribution in [2.75, 3.05) is 6.54 Å². The Morgan fingerprint density at radius 1 is 1.21 bits per heavy atom. The zero-order valence-electron chi connectivity index (χ0n) is 14.6. The second kappa shape index (κ2) is 8.01. The average molecular weight is 396 g/mol. The summed E-state index contributed by atoms with van der Waals surface area (Å²) in [7, 11) is 0. The molecule has 0 bridgehead atoms. The van der Waals surface area contributed by atoms with Crippen LogP contribution in [0.1, 0.15) is 15.9 Å². The minimum atomic E-state index is -1.24. The highest BCUT2D eigenvalue weighted by atomic mass is 32.2. The highest BCUT2D eigenvalue weighted by Crippen LogP contribution is 2.35. The molecule has 1 aliphatic heterocycles. The van der Waals surface area contributed by atoms with Crippen molar-refractivity contribution in [1.82, 2.24) is 4.90 Å². The van der Waals surface area contributed by atoms with E-state index in [0.717, 1.165) is 11.8 Å². The Morgan fingerprint density at radius 2 is 2.00 bits per heavy atom. The molecule has 8 heteroatoms. The SMILES string of the molecule is C=CCN1C(=O)/C(=C/c2cccc(O)c2)SC1=Nc1ccc(C(=O)O)c(O)c1. The molecule has 0 aliphatic carbocycles. The van der Waals surface area contributed by atoms with Crippen LogP contribution in [0.5, 0.6) is 11.5 Å². The number of rotatable bonds is 5. The minimum absolute atomic E-state index is 0.0932. The van der Waals surface area contributed by atoms with Gasteiger partial charge in [-0.25, -0.2) is 9.79 Å². The van der Waals surface area contributed by atoms with Crippen LogP contribution in [0.25, 0.3) is 6.08 Å². The van der Waals surface area contributed by atoms with Crippen LogP contribution in [0.4, 0.5) is 5.69 Å². The van der Waals surface area contributed by atoms with Gasteiger partial charge in [0.1, 0.15) is 17.1 Å². The van der Waals surface area contributed by atoms with Gasteiger partial charge in [-0.2, -0.15) is 0 Å². The van der Waals surface area contributed by atoms with Crippen molar-refractivity contribution in [1.29, 1.82) is 0 Å². The predicted molar refractivity (Wildman–Crippen MR) is 108 cm³/mol. The molecule has 0 atom stereocenters. The van der Waals surface area contributed by atoms with Crippen LogP contribution in [0.15, 0.2) is 65.0 Å². The van der Waals surface area contributed by atoms with Gasteiger partial charge in [-0.1, -0.05) is 18.2 Å². The third kappa shape index (κ3) is 4.07. The first-order chi connectivity index (χ1) is 13.4. The third-order valence-corrected chi connectivity index (χ3v) is 4.81. The van der Waals surface area contributed by atoms with Crippen molar-refractivity contribution in [2.45, 2.75) is 0 Å². The molecule has 2 aromatic rings. The van der Waals surface area contributed by atoms with E-state index >= 15 is 0 Å². The predicted octanol–water partition coefficient (Wildman–Crippen LogP) is 3.59. The lowest BCUT2D eigenvalue weighted by Crippen LogP contribution is -2.29. The van der Waals surface area contributed by atoms with E-state index in [1.165, 1.54) is 35.2 Å². The molecule has 0 radical (unpaired) electrons. The van der Waals surface area contributed by atoms with Gasteiger partial charge in [0.2, 0.25) is 0 Å². The Kier molecular flexibility index (Phi) is 5.51. The van der Waals surface area contributed by atoms with Crippen LogP contribution in [0.3, 0.4) is 0 Å². The highest BCUT2D eigenvalue weighted by Gasteiger charge is 2.32. The van der Waals surface area contributed by atoms with Gasteiger partial charge in [0.05, 0.1) is 10.6 Å². The van der Waals surface area contributed by atoms with Crippen molar-refractivity contribution in [3.05, 3.63) is 71.2 Å². The fourth-order valence-corrected chi connectivity index (χ4v) is 3.54. The maximum Gasteiger partial charge on any atom is 0.339 e. The Morgan fingerprint density at radius 3 is 2.64 bits per heavy atom. The number of nitrogens with zero attached hydrogens (tertiary/aromatic N) is 2. The lowest BCUT2D eigenvalue weighted by Gasteiger charge is -2.12. The van der Waals surface area contributed by atoms with E-state index in [2.05, 4.69) is 11.6 Å². The number of benzene rings is 2. The Labute approximate surface area is 165 Å². The second-order valence-corrected chi connectivity index (χ2v) is 6.82. The van der Waals surface area contributed by atoms with E-state index in [1.807, 2.05) is 0 Å². The van der Waals surface area contributed by atoms with Gasteiger partial charge in [-0.05, 0) is 47.7 Å². The quantitative estimate of drug-likeness (QED) is 0.526. The molecule has 142 valence electrons. The van der Waals surface area contributed by atoms with Gasteiger partial charge in [0.25, 0.3) is 5.91 Å². The van der Waals surface area contributed by atoms with Crippen LogP contribution in [-0.2, 0) is 4.79 Å². The number of carboxylic acids is 1. The minimum Gasteiger partial charge on any atom is -0.508 e. The number of hydrogen-bond donors (Lipinski definition) is 3. The fraction of sp³-hybridized carbons (Fsp3) is 0.0500. The molecule has 1 aliphatic rings. The molecule has 1 amide bonds. The molecule has 28 heavy (non-hydrogen) atoms. The van der Waals surface area contributed by atoms with Gasteiger partial charge in [0, 0.05) is 12.6 Å². The van der Waals surface area contributed by atoms with E-state index in [1.54, 1.807) is 24.3 Å². The topological polar surface area (TPSA) is 110 Å². The summed E-state index contributed by atoms with van der Waals surface area (Å²) >= 11 is 1.14. The number of phenols is 2. The molecule has 1 heterocycles. The highest BCUT2D eigenvalue weighted by molar-refractivity contribution is 8.18. The van der Waals surface area contributed by atoms with E-state index in [9.17, 15) is 19.8 Å². The van der Waals surface area contributed by atoms with Crippen LogP contribution in [-0.4, -0.2) is 43.8 Å². The summed E-state index contributed by atoms with van der Waals surface area (Å²) in [4.78, 5) is 29.9. The first kappa shape index (κ1) is 19.2. The maximum absolute atomic E-state index is 12.7. The smallest absolute Gasteiger partial charge is 0.339 e. The summed E-state index contributed by atoms with van der Waals surface area (Å²) in [5.74, 6) is -1.82. The number of aromatic hydroxyl groups is 2. The van der Waals surface area contributed by atoms with Gasteiger partial charge in [-0.15, -0.1) is 6.58 Å². The van der Waals surface area contributed by atoms with Crippen LogP contribution < -0.4 is 0 Å². The zero-order valence-corrected chi connectivity index (χ0v) is 15.4. The van der Waals surface area contributed by atoms with E-state index in [4.69, 9.17) is 5.11 Å². The van der Waals surface area contributed by atoms with Crippen LogP contribution in [0, 0.1) is 0 Å². The van der Waals surface area contributed by atoms with Crippen LogP contribution >= 0.6 is 11.8 Å². The van der Waals surface area contributed by atoms with Gasteiger partial charge in [0.15, 0.2) is 5.17 Å². The van der Waals surface area contributed by atoms with E-state index in [0.29, 0.717) is 21.3 Å². The van der Waals surface area contributed by atoms with Crippen molar-refractivity contribution >= 4 is 40.6 Å². The second-order valence-electron chi connectivity index (χ2n) is 5.81. The fourth-order valence-electron chi connectivity index (χ4n) is 2.53. The normalized spacial score (nSPS) is 16.7. The number of thioether (sulfide) groups is 1. The lowest BCUT2D eigenvalue weighted by molar-refractivity contribution is -0.121.